The molecule has 3 unspecified atom stereocenters. The van der Waals surface area contributed by atoms with Crippen LogP contribution in [0.2, 0.25) is 0 Å². The molecule has 4 aliphatic rings. The van der Waals surface area contributed by atoms with Gasteiger partial charge in [0, 0.05) is 45.6 Å². The number of nitrogens with one attached hydrogen (secondary N) is 1. The molecule has 2 nitrogen and oxygen atoms in total. The largest absolute Gasteiger partial charge is 0.354 e. The molecule has 69 heavy (non-hydrogen) atoms. The van der Waals surface area contributed by atoms with E-state index in [1.54, 1.807) is 0 Å². The second-order valence-corrected chi connectivity index (χ2v) is 19.0. The monoisotopic (exact) mass is 882 g/mol. The van der Waals surface area contributed by atoms with Gasteiger partial charge in [-0.1, -0.05) is 213 Å². The summed E-state index contributed by atoms with van der Waals surface area (Å²) in [4.78, 5) is 2.63. The van der Waals surface area contributed by atoms with Crippen molar-refractivity contribution in [1.82, 2.24) is 0 Å². The Bertz CT molecular complexity index is 3540. The van der Waals surface area contributed by atoms with Crippen LogP contribution in [0.25, 0.3) is 83.5 Å². The lowest BCUT2D eigenvalue weighted by molar-refractivity contribution is 0.642. The molecule has 0 fully saturated rings. The van der Waals surface area contributed by atoms with Crippen molar-refractivity contribution >= 4 is 22.6 Å². The van der Waals surface area contributed by atoms with Gasteiger partial charge in [-0.25, -0.2) is 0 Å². The minimum Gasteiger partial charge on any atom is -0.354 e. The Hall–Kier alpha value is -8.46. The summed E-state index contributed by atoms with van der Waals surface area (Å²) in [7, 11) is 0. The molecule has 9 aromatic rings. The van der Waals surface area contributed by atoms with Crippen LogP contribution >= 0.6 is 0 Å². The highest BCUT2D eigenvalue weighted by Gasteiger charge is 2.42. The molecule has 9 aromatic carbocycles. The number of hydrogen-bond donors (Lipinski definition) is 1. The van der Waals surface area contributed by atoms with Crippen LogP contribution in [0, 0.1) is 11.8 Å². The van der Waals surface area contributed by atoms with E-state index in [1.165, 1.54) is 106 Å². The van der Waals surface area contributed by atoms with E-state index in [0.717, 1.165) is 17.8 Å². The maximum atomic E-state index is 3.97. The normalized spacial score (nSPS) is 17.4. The highest BCUT2D eigenvalue weighted by molar-refractivity contribution is 6.05. The molecular formula is C67H50N2. The summed E-state index contributed by atoms with van der Waals surface area (Å²) in [6.45, 7) is 2.42. The van der Waals surface area contributed by atoms with Gasteiger partial charge in [-0.15, -0.1) is 0 Å². The van der Waals surface area contributed by atoms with Gasteiger partial charge >= 0.3 is 0 Å². The Labute approximate surface area is 405 Å². The van der Waals surface area contributed by atoms with Crippen LogP contribution < -0.4 is 10.2 Å². The third-order valence-electron chi connectivity index (χ3n) is 14.8. The molecule has 0 radical (unpaired) electrons. The predicted molar refractivity (Wildman–Crippen MR) is 291 cm³/mol. The molecule has 0 saturated carbocycles. The minimum atomic E-state index is 0.248. The number of fused-ring (bicyclic) bond motifs is 7. The summed E-state index contributed by atoms with van der Waals surface area (Å²) < 4.78 is 0. The number of benzene rings is 9. The number of hydrogen-bond acceptors (Lipinski definition) is 2. The zero-order valence-electron chi connectivity index (χ0n) is 38.6. The zero-order chi connectivity index (χ0) is 45.8. The molecule has 328 valence electrons. The molecule has 2 heteroatoms. The summed E-state index contributed by atoms with van der Waals surface area (Å²) in [5.41, 5.74) is 26.1. The summed E-state index contributed by atoms with van der Waals surface area (Å²) in [5.74, 6) is 0.653. The lowest BCUT2D eigenvalue weighted by Gasteiger charge is -2.34. The minimum absolute atomic E-state index is 0.248. The predicted octanol–water partition coefficient (Wildman–Crippen LogP) is 17.7. The Balaban J connectivity index is 0.845. The van der Waals surface area contributed by atoms with Crippen molar-refractivity contribution in [2.45, 2.75) is 19.4 Å². The topological polar surface area (TPSA) is 15.3 Å². The van der Waals surface area contributed by atoms with Gasteiger partial charge in [-0.2, -0.15) is 0 Å². The van der Waals surface area contributed by atoms with E-state index in [2.05, 4.69) is 266 Å². The number of allylic oxidation sites excluding steroid dienone is 5. The van der Waals surface area contributed by atoms with Gasteiger partial charge in [0.1, 0.15) is 0 Å². The fraction of sp³-hybridized carbons (Fsp3) is 0.0746. The number of rotatable bonds is 7. The van der Waals surface area contributed by atoms with Crippen LogP contribution in [0.4, 0.5) is 17.1 Å². The van der Waals surface area contributed by atoms with Gasteiger partial charge < -0.3 is 10.2 Å². The van der Waals surface area contributed by atoms with E-state index >= 15 is 0 Å². The van der Waals surface area contributed by atoms with E-state index in [4.69, 9.17) is 0 Å². The fourth-order valence-electron chi connectivity index (χ4n) is 11.5. The molecule has 2 aliphatic carbocycles. The lowest BCUT2D eigenvalue weighted by atomic mass is 9.81. The average Bonchev–Trinajstić information content (AvgIpc) is 3.69. The van der Waals surface area contributed by atoms with Gasteiger partial charge in [0.2, 0.25) is 0 Å². The molecule has 2 aliphatic heterocycles. The average molecular weight is 883 g/mol. The molecular weight excluding hydrogens is 833 g/mol. The maximum absolute atomic E-state index is 3.97. The molecule has 13 rings (SSSR count). The Morgan fingerprint density at radius 3 is 1.61 bits per heavy atom. The number of nitrogens with zero attached hydrogens (tertiary/aromatic N) is 1. The van der Waals surface area contributed by atoms with Crippen LogP contribution in [0.1, 0.15) is 18.9 Å². The van der Waals surface area contributed by atoms with Crippen LogP contribution in [0.3, 0.4) is 0 Å². The van der Waals surface area contributed by atoms with Gasteiger partial charge in [-0.05, 0) is 127 Å². The van der Waals surface area contributed by atoms with Crippen molar-refractivity contribution in [3.63, 3.8) is 0 Å². The molecule has 2 heterocycles. The van der Waals surface area contributed by atoms with Crippen LogP contribution in [0.5, 0.6) is 0 Å². The van der Waals surface area contributed by atoms with E-state index in [1.807, 2.05) is 0 Å². The van der Waals surface area contributed by atoms with E-state index in [9.17, 15) is 0 Å². The van der Waals surface area contributed by atoms with Crippen molar-refractivity contribution in [1.29, 1.82) is 0 Å². The summed E-state index contributed by atoms with van der Waals surface area (Å²) >= 11 is 0. The first-order valence-electron chi connectivity index (χ1n) is 24.4. The lowest BCUT2D eigenvalue weighted by Crippen LogP contribution is -2.34. The Morgan fingerprint density at radius 2 is 0.913 bits per heavy atom. The third-order valence-corrected chi connectivity index (χ3v) is 14.8. The second-order valence-electron chi connectivity index (χ2n) is 19.0. The van der Waals surface area contributed by atoms with E-state index in [0.29, 0.717) is 11.8 Å². The summed E-state index contributed by atoms with van der Waals surface area (Å²) in [6, 6.07) is 80.5. The molecule has 1 N–H and O–H groups in total. The first-order chi connectivity index (χ1) is 34.1. The number of anilines is 3. The highest BCUT2D eigenvalue weighted by Crippen LogP contribution is 2.52. The highest BCUT2D eigenvalue weighted by atomic mass is 15.2. The van der Waals surface area contributed by atoms with Crippen molar-refractivity contribution in [2.24, 2.45) is 11.8 Å². The van der Waals surface area contributed by atoms with Gasteiger partial charge in [-0.3, -0.25) is 0 Å². The molecule has 0 amide bonds. The van der Waals surface area contributed by atoms with E-state index in [-0.39, 0.29) is 6.04 Å². The van der Waals surface area contributed by atoms with E-state index < -0.39 is 0 Å². The maximum Gasteiger partial charge on any atom is 0.0626 e. The molecule has 0 bridgehead atoms. The smallest absolute Gasteiger partial charge is 0.0626 e. The fourth-order valence-corrected chi connectivity index (χ4v) is 11.5. The van der Waals surface area contributed by atoms with Crippen molar-refractivity contribution in [2.75, 3.05) is 10.2 Å². The summed E-state index contributed by atoms with van der Waals surface area (Å²) in [6.07, 6.45) is 12.8. The van der Waals surface area contributed by atoms with Crippen LogP contribution in [-0.2, 0) is 0 Å². The Kier molecular flexibility index (Phi) is 10.1. The Morgan fingerprint density at radius 1 is 0.406 bits per heavy atom. The van der Waals surface area contributed by atoms with Gasteiger partial charge in [0.15, 0.2) is 0 Å². The quantitative estimate of drug-likeness (QED) is 0.172. The second kappa shape index (κ2) is 17.0. The van der Waals surface area contributed by atoms with Gasteiger partial charge in [0.05, 0.1) is 11.7 Å². The van der Waals surface area contributed by atoms with Crippen molar-refractivity contribution in [3.05, 3.63) is 266 Å². The summed E-state index contributed by atoms with van der Waals surface area (Å²) in [5, 5.41) is 3.97. The van der Waals surface area contributed by atoms with Crippen LogP contribution in [-0.4, -0.2) is 6.04 Å². The molecule has 3 atom stereocenters. The molecule has 0 spiro atoms. The van der Waals surface area contributed by atoms with Gasteiger partial charge in [0.25, 0.3) is 0 Å². The first-order valence-corrected chi connectivity index (χ1v) is 24.4. The first kappa shape index (κ1) is 40.8. The zero-order valence-corrected chi connectivity index (χ0v) is 38.6. The van der Waals surface area contributed by atoms with Crippen molar-refractivity contribution < 1.29 is 0 Å². The van der Waals surface area contributed by atoms with Crippen LogP contribution in [0.15, 0.2) is 260 Å². The van der Waals surface area contributed by atoms with Crippen molar-refractivity contribution in [3.8, 4) is 77.9 Å². The SMILES string of the molecule is CC1CC(c2ccc(-c3cc(-c4ccccc4)c4c(c3)-c3ccccc3-c3cc(-c5ccccc5)ccc3N4)cc2)=CC2=C1N(c1ccc(-c3cccc(-c4ccccc4)c3)cc1)C1C=CC=CC21. The molecule has 0 aromatic heterocycles. The third kappa shape index (κ3) is 7.28. The molecule has 0 saturated heterocycles. The standard InChI is InChI=1S/C67H50N2/c1-44-38-54(43-63-59-26-13-14-27-65(59)69(67(44)63)56-35-32-47(33-36-56)52-23-15-22-51(39-52)45-16-5-2-6-17-45)48-28-30-49(31-29-48)55-41-60(50-20-9-4-10-21-50)66-62(42-55)58-25-12-11-24-57(58)61-40-53(34-37-64(61)68-66)46-18-7-3-8-19-46/h2-37,39-44,59,65,68H,38H2,1H3.